The quantitative estimate of drug-likeness (QED) is 0.922. The van der Waals surface area contributed by atoms with Gasteiger partial charge in [-0.25, -0.2) is 4.39 Å². The molecule has 19 heavy (non-hydrogen) atoms. The fraction of sp³-hybridized carbons (Fsp3) is 0.214. The van der Waals surface area contributed by atoms with Gasteiger partial charge in [-0.15, -0.1) is 0 Å². The van der Waals surface area contributed by atoms with Crippen LogP contribution in [0.25, 0.3) is 0 Å². The third-order valence-corrected chi connectivity index (χ3v) is 3.35. The zero-order valence-electron chi connectivity index (χ0n) is 10.3. The Kier molecular flexibility index (Phi) is 4.75. The van der Waals surface area contributed by atoms with Crippen molar-refractivity contribution in [3.63, 3.8) is 0 Å². The van der Waals surface area contributed by atoms with E-state index in [1.807, 2.05) is 13.1 Å². The van der Waals surface area contributed by atoms with Gasteiger partial charge >= 0.3 is 0 Å². The number of benzene rings is 1. The number of hydrogen-bond donors (Lipinski definition) is 1. The van der Waals surface area contributed by atoms with Crippen molar-refractivity contribution in [3.05, 3.63) is 63.6 Å². The summed E-state index contributed by atoms with van der Waals surface area (Å²) in [5, 5.41) is 4.10. The molecule has 0 aliphatic rings. The van der Waals surface area contributed by atoms with Crippen LogP contribution in [0.3, 0.4) is 0 Å². The molecule has 2 aromatic rings. The van der Waals surface area contributed by atoms with Gasteiger partial charge in [-0.2, -0.15) is 0 Å². The summed E-state index contributed by atoms with van der Waals surface area (Å²) < 4.78 is 13.8. The normalized spacial score (nSPS) is 12.4. The van der Waals surface area contributed by atoms with Crippen LogP contribution in [0.5, 0.6) is 0 Å². The van der Waals surface area contributed by atoms with Gasteiger partial charge in [0, 0.05) is 11.2 Å². The summed E-state index contributed by atoms with van der Waals surface area (Å²) in [6.45, 7) is 0. The molecule has 1 N–H and O–H groups in total. The van der Waals surface area contributed by atoms with Crippen molar-refractivity contribution in [1.82, 2.24) is 10.3 Å². The van der Waals surface area contributed by atoms with Gasteiger partial charge < -0.3 is 5.32 Å². The van der Waals surface area contributed by atoms with E-state index in [-0.39, 0.29) is 11.9 Å². The van der Waals surface area contributed by atoms with Crippen molar-refractivity contribution in [2.24, 2.45) is 0 Å². The Morgan fingerprint density at radius 3 is 2.53 bits per heavy atom. The molecular weight excluding hydrogens is 286 g/mol. The van der Waals surface area contributed by atoms with Crippen LogP contribution in [-0.2, 0) is 6.42 Å². The molecule has 0 aliphatic heterocycles. The Hall–Kier alpha value is -1.16. The third kappa shape index (κ3) is 3.66. The lowest BCUT2D eigenvalue weighted by Gasteiger charge is -2.16. The molecule has 0 amide bonds. The van der Waals surface area contributed by atoms with Crippen molar-refractivity contribution in [2.45, 2.75) is 12.5 Å². The Morgan fingerprint density at radius 1 is 1.21 bits per heavy atom. The molecule has 0 bridgehead atoms. The van der Waals surface area contributed by atoms with Gasteiger partial charge in [0.05, 0.1) is 16.8 Å². The Labute approximate surface area is 121 Å². The van der Waals surface area contributed by atoms with Gasteiger partial charge in [0.2, 0.25) is 0 Å². The third-order valence-electron chi connectivity index (χ3n) is 2.89. The average Bonchev–Trinajstić information content (AvgIpc) is 2.39. The molecule has 1 aromatic carbocycles. The van der Waals surface area contributed by atoms with Crippen LogP contribution in [0.2, 0.25) is 10.0 Å². The summed E-state index contributed by atoms with van der Waals surface area (Å²) in [5.41, 5.74) is 1.42. The van der Waals surface area contributed by atoms with Crippen molar-refractivity contribution in [1.29, 1.82) is 0 Å². The van der Waals surface area contributed by atoms with Gasteiger partial charge in [0.15, 0.2) is 0 Å². The monoisotopic (exact) mass is 298 g/mol. The SMILES string of the molecule is CNC(Cc1ccc(Cl)cc1F)c1ccc(Cl)cn1. The number of pyridine rings is 1. The minimum absolute atomic E-state index is 0.0760. The lowest BCUT2D eigenvalue weighted by molar-refractivity contribution is 0.545. The molecule has 5 heteroatoms. The first-order valence-corrected chi connectivity index (χ1v) is 6.58. The van der Waals surface area contributed by atoms with Crippen molar-refractivity contribution >= 4 is 23.2 Å². The Balaban J connectivity index is 2.21. The summed E-state index contributed by atoms with van der Waals surface area (Å²) in [6.07, 6.45) is 2.08. The van der Waals surface area contributed by atoms with Gasteiger partial charge in [0.25, 0.3) is 0 Å². The molecule has 1 atom stereocenters. The summed E-state index contributed by atoms with van der Waals surface area (Å²) in [6, 6.07) is 8.22. The second kappa shape index (κ2) is 6.33. The molecule has 0 spiro atoms. The minimum atomic E-state index is -0.304. The van der Waals surface area contributed by atoms with Gasteiger partial charge in [0.1, 0.15) is 5.82 Å². The van der Waals surface area contributed by atoms with E-state index >= 15 is 0 Å². The zero-order chi connectivity index (χ0) is 13.8. The van der Waals surface area contributed by atoms with E-state index < -0.39 is 0 Å². The lowest BCUT2D eigenvalue weighted by Crippen LogP contribution is -2.20. The van der Waals surface area contributed by atoms with E-state index in [0.29, 0.717) is 22.0 Å². The molecule has 1 heterocycles. The van der Waals surface area contributed by atoms with E-state index in [2.05, 4.69) is 10.3 Å². The first-order chi connectivity index (χ1) is 9.10. The summed E-state index contributed by atoms with van der Waals surface area (Å²) in [7, 11) is 1.81. The van der Waals surface area contributed by atoms with Crippen molar-refractivity contribution in [3.8, 4) is 0 Å². The number of nitrogens with zero attached hydrogens (tertiary/aromatic N) is 1. The predicted octanol–water partition coefficient (Wildman–Crippen LogP) is 4.03. The number of rotatable bonds is 4. The Bertz CT molecular complexity index is 558. The van der Waals surface area contributed by atoms with E-state index in [9.17, 15) is 4.39 Å². The number of likely N-dealkylation sites (N-methyl/N-ethyl adjacent to an activating group) is 1. The molecule has 2 rings (SSSR count). The maximum absolute atomic E-state index is 13.8. The van der Waals surface area contributed by atoms with Gasteiger partial charge in [-0.05, 0) is 43.3 Å². The molecule has 0 radical (unpaired) electrons. The number of aromatic nitrogens is 1. The summed E-state index contributed by atoms with van der Waals surface area (Å²) in [5.74, 6) is -0.304. The van der Waals surface area contributed by atoms with Crippen LogP contribution in [-0.4, -0.2) is 12.0 Å². The van der Waals surface area contributed by atoms with Gasteiger partial charge in [-0.1, -0.05) is 29.3 Å². The van der Waals surface area contributed by atoms with Gasteiger partial charge in [-0.3, -0.25) is 4.98 Å². The highest BCUT2D eigenvalue weighted by Crippen LogP contribution is 2.21. The second-order valence-corrected chi connectivity index (χ2v) is 5.06. The van der Waals surface area contributed by atoms with Crippen LogP contribution < -0.4 is 5.32 Å². The fourth-order valence-electron chi connectivity index (χ4n) is 1.86. The van der Waals surface area contributed by atoms with E-state index in [1.165, 1.54) is 6.07 Å². The lowest BCUT2D eigenvalue weighted by atomic mass is 10.0. The molecule has 1 aromatic heterocycles. The van der Waals surface area contributed by atoms with E-state index in [0.717, 1.165) is 5.69 Å². The topological polar surface area (TPSA) is 24.9 Å². The number of hydrogen-bond acceptors (Lipinski definition) is 2. The van der Waals surface area contributed by atoms with E-state index in [1.54, 1.807) is 24.4 Å². The standard InChI is InChI=1S/C14H13Cl2FN2/c1-18-14(13-5-4-11(16)8-19-13)6-9-2-3-10(15)7-12(9)17/h2-5,7-8,14,18H,6H2,1H3. The second-order valence-electron chi connectivity index (χ2n) is 4.18. The molecular formula is C14H13Cl2FN2. The minimum Gasteiger partial charge on any atom is -0.311 e. The zero-order valence-corrected chi connectivity index (χ0v) is 11.8. The highest BCUT2D eigenvalue weighted by Gasteiger charge is 2.14. The van der Waals surface area contributed by atoms with Crippen LogP contribution in [0.1, 0.15) is 17.3 Å². The Morgan fingerprint density at radius 2 is 1.95 bits per heavy atom. The molecule has 2 nitrogen and oxygen atoms in total. The molecule has 0 fully saturated rings. The number of halogens is 3. The highest BCUT2D eigenvalue weighted by molar-refractivity contribution is 6.30. The van der Waals surface area contributed by atoms with Crippen molar-refractivity contribution in [2.75, 3.05) is 7.05 Å². The summed E-state index contributed by atoms with van der Waals surface area (Å²) in [4.78, 5) is 4.25. The predicted molar refractivity (Wildman–Crippen MR) is 76.2 cm³/mol. The average molecular weight is 299 g/mol. The summed E-state index contributed by atoms with van der Waals surface area (Å²) >= 11 is 11.5. The number of nitrogens with one attached hydrogen (secondary N) is 1. The largest absolute Gasteiger partial charge is 0.311 e. The molecule has 0 aliphatic carbocycles. The smallest absolute Gasteiger partial charge is 0.127 e. The van der Waals surface area contributed by atoms with Crippen LogP contribution in [0, 0.1) is 5.82 Å². The molecule has 1 unspecified atom stereocenters. The van der Waals surface area contributed by atoms with Crippen LogP contribution >= 0.6 is 23.2 Å². The van der Waals surface area contributed by atoms with E-state index in [4.69, 9.17) is 23.2 Å². The maximum atomic E-state index is 13.8. The highest BCUT2D eigenvalue weighted by atomic mass is 35.5. The van der Waals surface area contributed by atoms with Crippen LogP contribution in [0.4, 0.5) is 4.39 Å². The first-order valence-electron chi connectivity index (χ1n) is 5.83. The van der Waals surface area contributed by atoms with Crippen LogP contribution in [0.15, 0.2) is 36.5 Å². The fourth-order valence-corrected chi connectivity index (χ4v) is 2.13. The molecule has 100 valence electrons. The van der Waals surface area contributed by atoms with Crippen molar-refractivity contribution < 1.29 is 4.39 Å². The molecule has 0 saturated carbocycles. The molecule has 0 saturated heterocycles. The maximum Gasteiger partial charge on any atom is 0.127 e. The first kappa shape index (κ1) is 14.3.